The van der Waals surface area contributed by atoms with E-state index in [1.54, 1.807) is 36.4 Å². The van der Waals surface area contributed by atoms with E-state index in [1.807, 2.05) is 50.2 Å². The van der Waals surface area contributed by atoms with Gasteiger partial charge in [0.05, 0.1) is 18.2 Å². The Morgan fingerprint density at radius 3 is 2.47 bits per heavy atom. The molecule has 36 heavy (non-hydrogen) atoms. The summed E-state index contributed by atoms with van der Waals surface area (Å²) in [6.07, 6.45) is 3.74. The van der Waals surface area contributed by atoms with Gasteiger partial charge >= 0.3 is 0 Å². The lowest BCUT2D eigenvalue weighted by Crippen LogP contribution is -2.13. The maximum Gasteiger partial charge on any atom is 0.266 e. The second-order valence-corrected chi connectivity index (χ2v) is 7.98. The quantitative estimate of drug-likeness (QED) is 0.216. The van der Waals surface area contributed by atoms with Crippen LogP contribution in [0.1, 0.15) is 34.7 Å². The van der Waals surface area contributed by atoms with Crippen molar-refractivity contribution in [3.05, 3.63) is 107 Å². The first-order chi connectivity index (χ1) is 17.5. The SMILES string of the molecule is C=CCc1cc(/C=C(\C#N)C(=O)Nc2ccc(C)cc2)cc(OCC)c1OCc1ccccc1C#N. The lowest BCUT2D eigenvalue weighted by Gasteiger charge is -2.17. The molecule has 0 saturated heterocycles. The number of carbonyl (C=O) groups excluding carboxylic acids is 1. The van der Waals surface area contributed by atoms with Crippen LogP contribution in [0.4, 0.5) is 5.69 Å². The summed E-state index contributed by atoms with van der Waals surface area (Å²) in [5, 5.41) is 21.8. The number of rotatable bonds is 10. The number of allylic oxidation sites excluding steroid dienone is 1. The molecule has 0 spiro atoms. The number of benzene rings is 3. The van der Waals surface area contributed by atoms with Crippen LogP contribution in [0.3, 0.4) is 0 Å². The smallest absolute Gasteiger partial charge is 0.266 e. The average molecular weight is 478 g/mol. The van der Waals surface area contributed by atoms with E-state index in [2.05, 4.69) is 18.0 Å². The highest BCUT2D eigenvalue weighted by molar-refractivity contribution is 6.09. The second-order valence-electron chi connectivity index (χ2n) is 7.98. The minimum atomic E-state index is -0.502. The van der Waals surface area contributed by atoms with E-state index in [-0.39, 0.29) is 12.2 Å². The van der Waals surface area contributed by atoms with Crippen LogP contribution in [0.2, 0.25) is 0 Å². The summed E-state index contributed by atoms with van der Waals surface area (Å²) in [7, 11) is 0. The standard InChI is InChI=1S/C30H27N3O3/c1-4-8-23-15-22(16-26(19-32)30(34)33-27-13-11-21(3)12-14-27)17-28(35-5-2)29(23)36-20-25-10-7-6-9-24(25)18-31/h4,6-7,9-17H,1,5,8,20H2,2-3H3,(H,33,34)/b26-16+. The molecule has 6 nitrogen and oxygen atoms in total. The zero-order valence-corrected chi connectivity index (χ0v) is 20.4. The number of nitrogens with zero attached hydrogens (tertiary/aromatic N) is 2. The third-order valence-electron chi connectivity index (χ3n) is 5.31. The van der Waals surface area contributed by atoms with Crippen molar-refractivity contribution in [2.45, 2.75) is 26.9 Å². The molecule has 0 aliphatic rings. The van der Waals surface area contributed by atoms with E-state index >= 15 is 0 Å². The number of nitriles is 2. The molecule has 0 aliphatic carbocycles. The van der Waals surface area contributed by atoms with Gasteiger partial charge in [-0.15, -0.1) is 6.58 Å². The van der Waals surface area contributed by atoms with Crippen molar-refractivity contribution >= 4 is 17.7 Å². The first-order valence-corrected chi connectivity index (χ1v) is 11.5. The number of hydrogen-bond donors (Lipinski definition) is 1. The van der Waals surface area contributed by atoms with Gasteiger partial charge in [0.15, 0.2) is 11.5 Å². The Labute approximate surface area is 211 Å². The van der Waals surface area contributed by atoms with Gasteiger partial charge in [0.2, 0.25) is 0 Å². The van der Waals surface area contributed by atoms with Gasteiger partial charge in [0.25, 0.3) is 5.91 Å². The molecular formula is C30H27N3O3. The van der Waals surface area contributed by atoms with Crippen LogP contribution in [-0.2, 0) is 17.8 Å². The van der Waals surface area contributed by atoms with Crippen LogP contribution in [0.5, 0.6) is 11.5 Å². The highest BCUT2D eigenvalue weighted by Gasteiger charge is 2.16. The Kier molecular flexibility index (Phi) is 9.03. The number of carbonyl (C=O) groups is 1. The molecule has 1 amide bonds. The molecule has 0 heterocycles. The van der Waals surface area contributed by atoms with Gasteiger partial charge in [-0.05, 0) is 62.2 Å². The zero-order valence-electron chi connectivity index (χ0n) is 20.4. The molecule has 0 saturated carbocycles. The van der Waals surface area contributed by atoms with Gasteiger partial charge in [-0.3, -0.25) is 4.79 Å². The molecule has 6 heteroatoms. The monoisotopic (exact) mass is 477 g/mol. The van der Waals surface area contributed by atoms with Gasteiger partial charge in [0.1, 0.15) is 18.2 Å². The summed E-state index contributed by atoms with van der Waals surface area (Å²) in [6.45, 7) is 8.23. The van der Waals surface area contributed by atoms with Crippen LogP contribution >= 0.6 is 0 Å². The maximum atomic E-state index is 12.7. The molecule has 1 N–H and O–H groups in total. The minimum absolute atomic E-state index is 0.0424. The van der Waals surface area contributed by atoms with Crippen LogP contribution in [0, 0.1) is 29.6 Å². The maximum absolute atomic E-state index is 12.7. The topological polar surface area (TPSA) is 95.1 Å². The van der Waals surface area contributed by atoms with Gasteiger partial charge in [-0.25, -0.2) is 0 Å². The van der Waals surface area contributed by atoms with Crippen LogP contribution < -0.4 is 14.8 Å². The zero-order chi connectivity index (χ0) is 25.9. The molecule has 0 aromatic heterocycles. The first-order valence-electron chi connectivity index (χ1n) is 11.5. The fourth-order valence-corrected chi connectivity index (χ4v) is 3.56. The van der Waals surface area contributed by atoms with E-state index in [1.165, 1.54) is 6.08 Å². The second kappa shape index (κ2) is 12.6. The van der Waals surface area contributed by atoms with E-state index in [0.717, 1.165) is 16.7 Å². The predicted molar refractivity (Wildman–Crippen MR) is 140 cm³/mol. The van der Waals surface area contributed by atoms with Gasteiger partial charge in [-0.2, -0.15) is 10.5 Å². The Hall–Kier alpha value is -4.81. The van der Waals surface area contributed by atoms with Crippen LogP contribution in [0.25, 0.3) is 6.08 Å². The van der Waals surface area contributed by atoms with Crippen molar-refractivity contribution in [3.63, 3.8) is 0 Å². The summed E-state index contributed by atoms with van der Waals surface area (Å²) < 4.78 is 12.0. The van der Waals surface area contributed by atoms with E-state index in [4.69, 9.17) is 9.47 Å². The summed E-state index contributed by atoms with van der Waals surface area (Å²) in [5.74, 6) is 0.510. The molecule has 0 bridgehead atoms. The largest absolute Gasteiger partial charge is 0.490 e. The van der Waals surface area contributed by atoms with Crippen LogP contribution in [-0.4, -0.2) is 12.5 Å². The molecule has 3 rings (SSSR count). The Bertz CT molecular complexity index is 1360. The van der Waals surface area contributed by atoms with Crippen molar-refractivity contribution in [3.8, 4) is 23.6 Å². The Balaban J connectivity index is 1.94. The molecule has 180 valence electrons. The molecule has 3 aromatic rings. The first kappa shape index (κ1) is 25.8. The number of amides is 1. The van der Waals surface area contributed by atoms with Crippen molar-refractivity contribution in [2.24, 2.45) is 0 Å². The highest BCUT2D eigenvalue weighted by Crippen LogP contribution is 2.35. The van der Waals surface area contributed by atoms with Crippen molar-refractivity contribution in [1.29, 1.82) is 10.5 Å². The third kappa shape index (κ3) is 6.62. The van der Waals surface area contributed by atoms with Crippen molar-refractivity contribution < 1.29 is 14.3 Å². The van der Waals surface area contributed by atoms with Crippen molar-refractivity contribution in [2.75, 3.05) is 11.9 Å². The molecule has 0 fully saturated rings. The molecule has 0 radical (unpaired) electrons. The number of ether oxygens (including phenoxy) is 2. The Morgan fingerprint density at radius 2 is 1.81 bits per heavy atom. The molecule has 3 aromatic carbocycles. The normalized spacial score (nSPS) is 10.6. The molecule has 0 aliphatic heterocycles. The number of hydrogen-bond acceptors (Lipinski definition) is 5. The van der Waals surface area contributed by atoms with E-state index in [9.17, 15) is 15.3 Å². The fourth-order valence-electron chi connectivity index (χ4n) is 3.56. The van der Waals surface area contributed by atoms with Crippen LogP contribution in [0.15, 0.2) is 78.9 Å². The lowest BCUT2D eigenvalue weighted by molar-refractivity contribution is -0.112. The van der Waals surface area contributed by atoms with Gasteiger partial charge in [-0.1, -0.05) is 42.0 Å². The summed E-state index contributed by atoms with van der Waals surface area (Å²) in [6, 6.07) is 22.3. The summed E-state index contributed by atoms with van der Waals surface area (Å²) in [4.78, 5) is 12.7. The minimum Gasteiger partial charge on any atom is -0.490 e. The summed E-state index contributed by atoms with van der Waals surface area (Å²) in [5.41, 5.74) is 4.34. The molecular weight excluding hydrogens is 450 g/mol. The van der Waals surface area contributed by atoms with E-state index < -0.39 is 5.91 Å². The predicted octanol–water partition coefficient (Wildman–Crippen LogP) is 6.12. The Morgan fingerprint density at radius 1 is 1.06 bits per heavy atom. The number of anilines is 1. The number of aryl methyl sites for hydroxylation is 1. The average Bonchev–Trinajstić information content (AvgIpc) is 2.88. The summed E-state index contributed by atoms with van der Waals surface area (Å²) >= 11 is 0. The van der Waals surface area contributed by atoms with Gasteiger partial charge in [0, 0.05) is 16.8 Å². The molecule has 0 atom stereocenters. The fraction of sp³-hybridized carbons (Fsp3) is 0.167. The molecule has 0 unspecified atom stereocenters. The third-order valence-corrected chi connectivity index (χ3v) is 5.31. The number of nitrogens with one attached hydrogen (secondary N) is 1. The van der Waals surface area contributed by atoms with E-state index in [0.29, 0.717) is 41.3 Å². The highest BCUT2D eigenvalue weighted by atomic mass is 16.5. The van der Waals surface area contributed by atoms with Crippen molar-refractivity contribution in [1.82, 2.24) is 0 Å². The van der Waals surface area contributed by atoms with Gasteiger partial charge < -0.3 is 14.8 Å². The lowest BCUT2D eigenvalue weighted by atomic mass is 10.0.